The minimum absolute atomic E-state index is 0.178. The molecular weight excluding hydrogens is 302 g/mol. The van der Waals surface area contributed by atoms with Crippen molar-refractivity contribution < 1.29 is 9.53 Å². The summed E-state index contributed by atoms with van der Waals surface area (Å²) < 4.78 is 4.88. The van der Waals surface area contributed by atoms with Crippen molar-refractivity contribution in [3.63, 3.8) is 0 Å². The number of aromatic nitrogens is 2. The number of hydrogen-bond donors (Lipinski definition) is 2. The predicted molar refractivity (Wildman–Crippen MR) is 84.9 cm³/mol. The van der Waals surface area contributed by atoms with E-state index in [9.17, 15) is 9.59 Å². The number of hydrogen-bond acceptors (Lipinski definition) is 5. The lowest BCUT2D eigenvalue weighted by molar-refractivity contribution is 0.102. The Hall–Kier alpha value is -2.15. The Balaban J connectivity index is 1.77. The van der Waals surface area contributed by atoms with Gasteiger partial charge >= 0.3 is 0 Å². The molecule has 0 spiro atoms. The number of carbonyl (C=O) groups excluding carboxylic acids is 1. The first-order valence-electron chi connectivity index (χ1n) is 7.24. The second kappa shape index (κ2) is 6.31. The van der Waals surface area contributed by atoms with Crippen LogP contribution in [0, 0.1) is 0 Å². The summed E-state index contributed by atoms with van der Waals surface area (Å²) in [6, 6.07) is 1.23. The number of nitrogens with one attached hydrogen (secondary N) is 2. The second-order valence-corrected chi connectivity index (χ2v) is 6.27. The smallest absolute Gasteiger partial charge is 0.273 e. The highest BCUT2D eigenvalue weighted by atomic mass is 32.1. The van der Waals surface area contributed by atoms with E-state index in [4.69, 9.17) is 4.74 Å². The maximum absolute atomic E-state index is 12.2. The first-order valence-corrected chi connectivity index (χ1v) is 8.05. The third kappa shape index (κ3) is 3.04. The Bertz CT molecular complexity index is 727. The number of nitrogens with zero attached hydrogens (tertiary/aromatic N) is 1. The highest BCUT2D eigenvalue weighted by molar-refractivity contribution is 7.15. The van der Waals surface area contributed by atoms with Crippen molar-refractivity contribution in [3.8, 4) is 5.75 Å². The summed E-state index contributed by atoms with van der Waals surface area (Å²) in [7, 11) is 1.41. The molecular formula is C15H17N3O3S. The molecule has 22 heavy (non-hydrogen) atoms. The van der Waals surface area contributed by atoms with Crippen LogP contribution in [-0.2, 0) is 12.8 Å². The number of rotatable bonds is 3. The fourth-order valence-corrected chi connectivity index (χ4v) is 3.54. The molecule has 0 fully saturated rings. The first kappa shape index (κ1) is 14.8. The van der Waals surface area contributed by atoms with Gasteiger partial charge in [-0.15, -0.1) is 11.3 Å². The Kier molecular flexibility index (Phi) is 4.24. The number of ether oxygens (including phenoxy) is 1. The third-order valence-electron chi connectivity index (χ3n) is 3.66. The van der Waals surface area contributed by atoms with Crippen LogP contribution in [0.1, 0.15) is 40.3 Å². The average Bonchev–Trinajstić information content (AvgIpc) is 2.75. The van der Waals surface area contributed by atoms with Gasteiger partial charge in [-0.1, -0.05) is 6.42 Å². The lowest BCUT2D eigenvalue weighted by atomic mass is 10.2. The first-order chi connectivity index (χ1) is 10.7. The molecule has 0 radical (unpaired) electrons. The summed E-state index contributed by atoms with van der Waals surface area (Å²) in [5.41, 5.74) is 0.957. The lowest BCUT2D eigenvalue weighted by Gasteiger charge is -2.03. The molecule has 1 aliphatic carbocycles. The van der Waals surface area contributed by atoms with Gasteiger partial charge in [0, 0.05) is 17.1 Å². The largest absolute Gasteiger partial charge is 0.491 e. The minimum atomic E-state index is -0.372. The maximum Gasteiger partial charge on any atom is 0.273 e. The Morgan fingerprint density at radius 1 is 1.36 bits per heavy atom. The zero-order chi connectivity index (χ0) is 15.5. The van der Waals surface area contributed by atoms with E-state index in [2.05, 4.69) is 15.3 Å². The van der Waals surface area contributed by atoms with E-state index in [0.717, 1.165) is 25.0 Å². The molecule has 7 heteroatoms. The van der Waals surface area contributed by atoms with Gasteiger partial charge in [0.05, 0.1) is 12.8 Å². The number of H-pyrrole nitrogens is 1. The Morgan fingerprint density at radius 3 is 2.95 bits per heavy atom. The maximum atomic E-state index is 12.2. The summed E-state index contributed by atoms with van der Waals surface area (Å²) in [5, 5.41) is 3.35. The van der Waals surface area contributed by atoms with Crippen LogP contribution in [0.5, 0.6) is 5.75 Å². The van der Waals surface area contributed by atoms with Gasteiger partial charge in [-0.05, 0) is 25.7 Å². The van der Waals surface area contributed by atoms with E-state index in [0.29, 0.717) is 5.13 Å². The van der Waals surface area contributed by atoms with Crippen LogP contribution in [0.25, 0.3) is 0 Å². The fraction of sp³-hybridized carbons (Fsp3) is 0.400. The van der Waals surface area contributed by atoms with Crippen LogP contribution in [0.2, 0.25) is 0 Å². The summed E-state index contributed by atoms with van der Waals surface area (Å²) in [4.78, 5) is 32.4. The number of carbonyl (C=O) groups is 1. The van der Waals surface area contributed by atoms with Crippen LogP contribution >= 0.6 is 11.3 Å². The van der Waals surface area contributed by atoms with E-state index in [1.807, 2.05) is 0 Å². The van der Waals surface area contributed by atoms with E-state index >= 15 is 0 Å². The molecule has 116 valence electrons. The SMILES string of the molecule is COc1c[nH]c(C(=O)Nc2nc3c(s2)CCCCC3)cc1=O. The summed E-state index contributed by atoms with van der Waals surface area (Å²) in [6.45, 7) is 0. The number of pyridine rings is 1. The number of methoxy groups -OCH3 is 1. The molecule has 0 aromatic carbocycles. The lowest BCUT2D eigenvalue weighted by Crippen LogP contribution is -2.17. The van der Waals surface area contributed by atoms with Crippen molar-refractivity contribution in [1.29, 1.82) is 0 Å². The number of anilines is 1. The van der Waals surface area contributed by atoms with Gasteiger partial charge in [0.15, 0.2) is 10.9 Å². The molecule has 0 bridgehead atoms. The normalized spacial score (nSPS) is 14.0. The van der Waals surface area contributed by atoms with E-state index in [1.165, 1.54) is 48.4 Å². The topological polar surface area (TPSA) is 84.1 Å². The van der Waals surface area contributed by atoms with Crippen molar-refractivity contribution in [1.82, 2.24) is 9.97 Å². The van der Waals surface area contributed by atoms with Gasteiger partial charge in [0.2, 0.25) is 5.43 Å². The van der Waals surface area contributed by atoms with Crippen LogP contribution in [-0.4, -0.2) is 23.0 Å². The Morgan fingerprint density at radius 2 is 2.18 bits per heavy atom. The van der Waals surface area contributed by atoms with E-state index in [-0.39, 0.29) is 22.8 Å². The van der Waals surface area contributed by atoms with Crippen molar-refractivity contribution in [2.45, 2.75) is 32.1 Å². The second-order valence-electron chi connectivity index (χ2n) is 5.18. The summed E-state index contributed by atoms with van der Waals surface area (Å²) in [5.74, 6) is -0.193. The highest BCUT2D eigenvalue weighted by Gasteiger charge is 2.16. The van der Waals surface area contributed by atoms with Crippen LogP contribution < -0.4 is 15.5 Å². The molecule has 0 atom stereocenters. The van der Waals surface area contributed by atoms with Gasteiger partial charge in [-0.25, -0.2) is 4.98 Å². The number of aryl methyl sites for hydroxylation is 2. The van der Waals surface area contributed by atoms with Gasteiger partial charge in [0.25, 0.3) is 5.91 Å². The van der Waals surface area contributed by atoms with E-state index < -0.39 is 0 Å². The van der Waals surface area contributed by atoms with E-state index in [1.54, 1.807) is 0 Å². The summed E-state index contributed by atoms with van der Waals surface area (Å²) in [6.07, 6.45) is 6.94. The Labute approximate surface area is 131 Å². The minimum Gasteiger partial charge on any atom is -0.491 e. The number of thiazole rings is 1. The monoisotopic (exact) mass is 319 g/mol. The number of aromatic amines is 1. The van der Waals surface area contributed by atoms with Crippen LogP contribution in [0.4, 0.5) is 5.13 Å². The molecule has 6 nitrogen and oxygen atoms in total. The molecule has 1 amide bonds. The molecule has 0 saturated heterocycles. The van der Waals surface area contributed by atoms with Crippen molar-refractivity contribution in [2.75, 3.05) is 12.4 Å². The standard InChI is InChI=1S/C15H17N3O3S/c1-21-12-8-16-10(7-11(12)19)14(20)18-15-17-9-5-3-2-4-6-13(9)22-15/h7-8H,2-6H2,1H3,(H,16,19)(H,17,18,20). The van der Waals surface area contributed by atoms with Crippen molar-refractivity contribution >= 4 is 22.4 Å². The van der Waals surface area contributed by atoms with Crippen molar-refractivity contribution in [2.24, 2.45) is 0 Å². The quantitative estimate of drug-likeness (QED) is 0.851. The molecule has 3 rings (SSSR count). The van der Waals surface area contributed by atoms with Crippen molar-refractivity contribution in [3.05, 3.63) is 38.8 Å². The molecule has 2 aromatic rings. The van der Waals surface area contributed by atoms with Gasteiger partial charge in [-0.3, -0.25) is 14.9 Å². The molecule has 1 aliphatic rings. The van der Waals surface area contributed by atoms with Crippen LogP contribution in [0.15, 0.2) is 17.1 Å². The van der Waals surface area contributed by atoms with Crippen LogP contribution in [0.3, 0.4) is 0 Å². The van der Waals surface area contributed by atoms with Gasteiger partial charge in [0.1, 0.15) is 5.69 Å². The fourth-order valence-electron chi connectivity index (χ4n) is 2.50. The highest BCUT2D eigenvalue weighted by Crippen LogP contribution is 2.29. The molecule has 0 saturated carbocycles. The number of fused-ring (bicyclic) bond motifs is 1. The number of amides is 1. The molecule has 2 heterocycles. The predicted octanol–water partition coefficient (Wildman–Crippen LogP) is 2.36. The average molecular weight is 319 g/mol. The van der Waals surface area contributed by atoms with Gasteiger partial charge in [-0.2, -0.15) is 0 Å². The zero-order valence-electron chi connectivity index (χ0n) is 12.3. The summed E-state index contributed by atoms with van der Waals surface area (Å²) >= 11 is 1.52. The zero-order valence-corrected chi connectivity index (χ0v) is 13.1. The molecule has 0 unspecified atom stereocenters. The molecule has 0 aliphatic heterocycles. The molecule has 2 N–H and O–H groups in total. The molecule has 2 aromatic heterocycles. The third-order valence-corrected chi connectivity index (χ3v) is 4.73. The van der Waals surface area contributed by atoms with Gasteiger partial charge < -0.3 is 9.72 Å².